The molecule has 0 N–H and O–H groups in total. The van der Waals surface area contributed by atoms with Crippen LogP contribution in [-0.2, 0) is 4.79 Å². The van der Waals surface area contributed by atoms with Crippen LogP contribution in [-0.4, -0.2) is 25.8 Å². The number of Topliss-reactive ketones (excluding diaryl/α,β-unsaturated/α-hetero) is 1. The average molecular weight is 308 g/mol. The maximum Gasteiger partial charge on any atom is 0.196 e. The Labute approximate surface area is 126 Å². The molecule has 0 radical (unpaired) electrons. The summed E-state index contributed by atoms with van der Waals surface area (Å²) in [6, 6.07) is 7.52. The molecule has 0 bridgehead atoms. The molecule has 0 spiro atoms. The molecule has 1 aromatic heterocycles. The van der Waals surface area contributed by atoms with Crippen LogP contribution in [0.1, 0.15) is 25.7 Å². The van der Waals surface area contributed by atoms with Crippen LogP contribution in [0.15, 0.2) is 35.7 Å². The smallest absolute Gasteiger partial charge is 0.196 e. The molecule has 20 heavy (non-hydrogen) atoms. The minimum absolute atomic E-state index is 0.00545. The van der Waals surface area contributed by atoms with Crippen molar-refractivity contribution in [1.82, 2.24) is 14.8 Å². The first-order valence-corrected chi connectivity index (χ1v) is 7.85. The Morgan fingerprint density at radius 1 is 1.35 bits per heavy atom. The lowest BCUT2D eigenvalue weighted by molar-refractivity contribution is -0.119. The summed E-state index contributed by atoms with van der Waals surface area (Å²) in [5.41, 5.74) is 0.910. The topological polar surface area (TPSA) is 47.8 Å². The number of rotatable bonds is 3. The molecule has 1 aromatic carbocycles. The standard InChI is InChI=1S/C14H14ClN3OS/c15-10-4-3-5-11(8-10)18-9-16-17-14(18)20-13-7-2-1-6-12(13)19/h3-5,8-9,13H,1-2,6-7H2. The van der Waals surface area contributed by atoms with Crippen molar-refractivity contribution in [2.75, 3.05) is 0 Å². The third-order valence-electron chi connectivity index (χ3n) is 3.35. The van der Waals surface area contributed by atoms with Crippen LogP contribution in [0.2, 0.25) is 5.02 Å². The normalized spacial score (nSPS) is 19.2. The van der Waals surface area contributed by atoms with Crippen LogP contribution >= 0.6 is 23.4 Å². The van der Waals surface area contributed by atoms with Gasteiger partial charge in [0.05, 0.1) is 10.9 Å². The number of thioether (sulfide) groups is 1. The summed E-state index contributed by atoms with van der Waals surface area (Å²) in [6.45, 7) is 0. The van der Waals surface area contributed by atoms with E-state index in [2.05, 4.69) is 10.2 Å². The Morgan fingerprint density at radius 2 is 2.25 bits per heavy atom. The number of hydrogen-bond donors (Lipinski definition) is 0. The molecule has 104 valence electrons. The highest BCUT2D eigenvalue weighted by Gasteiger charge is 2.25. The number of halogens is 1. The van der Waals surface area contributed by atoms with Gasteiger partial charge in [-0.05, 0) is 31.0 Å². The van der Waals surface area contributed by atoms with Gasteiger partial charge in [-0.25, -0.2) is 0 Å². The van der Waals surface area contributed by atoms with E-state index in [-0.39, 0.29) is 5.25 Å². The second-order valence-electron chi connectivity index (χ2n) is 4.78. The van der Waals surface area contributed by atoms with E-state index >= 15 is 0 Å². The highest BCUT2D eigenvalue weighted by molar-refractivity contribution is 8.00. The van der Waals surface area contributed by atoms with Crippen LogP contribution in [0, 0.1) is 0 Å². The van der Waals surface area contributed by atoms with Crippen molar-refractivity contribution < 1.29 is 4.79 Å². The summed E-state index contributed by atoms with van der Waals surface area (Å²) < 4.78 is 1.87. The van der Waals surface area contributed by atoms with E-state index in [1.807, 2.05) is 28.8 Å². The third kappa shape index (κ3) is 2.88. The van der Waals surface area contributed by atoms with Crippen LogP contribution in [0.25, 0.3) is 5.69 Å². The van der Waals surface area contributed by atoms with Crippen molar-refractivity contribution in [2.45, 2.75) is 36.1 Å². The summed E-state index contributed by atoms with van der Waals surface area (Å²) in [5, 5.41) is 9.50. The average Bonchev–Trinajstić information content (AvgIpc) is 2.90. The van der Waals surface area contributed by atoms with Crippen molar-refractivity contribution in [3.63, 3.8) is 0 Å². The molecule has 3 rings (SSSR count). The fourth-order valence-corrected chi connectivity index (χ4v) is 3.64. The van der Waals surface area contributed by atoms with E-state index < -0.39 is 0 Å². The van der Waals surface area contributed by atoms with E-state index in [1.54, 1.807) is 6.33 Å². The molecule has 1 heterocycles. The van der Waals surface area contributed by atoms with E-state index in [4.69, 9.17) is 11.6 Å². The minimum atomic E-state index is 0.00545. The number of ketones is 1. The number of hydrogen-bond acceptors (Lipinski definition) is 4. The van der Waals surface area contributed by atoms with Crippen molar-refractivity contribution >= 4 is 29.1 Å². The van der Waals surface area contributed by atoms with Gasteiger partial charge in [0.15, 0.2) is 5.16 Å². The van der Waals surface area contributed by atoms with Crippen molar-refractivity contribution in [3.05, 3.63) is 35.6 Å². The molecule has 6 heteroatoms. The number of carbonyl (C=O) groups is 1. The summed E-state index contributed by atoms with van der Waals surface area (Å²) in [6.07, 6.45) is 5.38. The van der Waals surface area contributed by atoms with Crippen molar-refractivity contribution in [1.29, 1.82) is 0 Å². The second kappa shape index (κ2) is 5.97. The summed E-state index contributed by atoms with van der Waals surface area (Å²) >= 11 is 7.52. The molecule has 1 atom stereocenters. The van der Waals surface area contributed by atoms with Gasteiger partial charge in [0, 0.05) is 11.4 Å². The molecule has 1 aliphatic carbocycles. The molecule has 1 saturated carbocycles. The lowest BCUT2D eigenvalue weighted by Crippen LogP contribution is -2.21. The van der Waals surface area contributed by atoms with E-state index in [0.717, 1.165) is 30.1 Å². The van der Waals surface area contributed by atoms with Gasteiger partial charge in [0.2, 0.25) is 0 Å². The quantitative estimate of drug-likeness (QED) is 0.870. The maximum absolute atomic E-state index is 11.9. The maximum atomic E-state index is 11.9. The molecule has 4 nitrogen and oxygen atoms in total. The molecule has 1 unspecified atom stereocenters. The van der Waals surface area contributed by atoms with Gasteiger partial charge in [0.1, 0.15) is 12.1 Å². The fraction of sp³-hybridized carbons (Fsp3) is 0.357. The van der Waals surface area contributed by atoms with Gasteiger partial charge in [-0.1, -0.05) is 35.9 Å². The van der Waals surface area contributed by atoms with E-state index in [1.165, 1.54) is 11.8 Å². The predicted octanol–water partition coefficient (Wildman–Crippen LogP) is 3.52. The first-order valence-electron chi connectivity index (χ1n) is 6.59. The van der Waals surface area contributed by atoms with Gasteiger partial charge in [-0.15, -0.1) is 10.2 Å². The van der Waals surface area contributed by atoms with Gasteiger partial charge < -0.3 is 0 Å². The van der Waals surface area contributed by atoms with Crippen molar-refractivity contribution in [3.8, 4) is 5.69 Å². The van der Waals surface area contributed by atoms with E-state index in [0.29, 0.717) is 17.2 Å². The summed E-state index contributed by atoms with van der Waals surface area (Å²) in [4.78, 5) is 11.9. The first-order chi connectivity index (χ1) is 9.74. The summed E-state index contributed by atoms with van der Waals surface area (Å²) in [5.74, 6) is 0.321. The van der Waals surface area contributed by atoms with Crippen LogP contribution in [0.5, 0.6) is 0 Å². The molecule has 0 amide bonds. The number of nitrogens with zero attached hydrogens (tertiary/aromatic N) is 3. The van der Waals surface area contributed by atoms with Gasteiger partial charge in [-0.2, -0.15) is 0 Å². The molecule has 2 aromatic rings. The number of aromatic nitrogens is 3. The lowest BCUT2D eigenvalue weighted by Gasteiger charge is -2.19. The van der Waals surface area contributed by atoms with Gasteiger partial charge in [-0.3, -0.25) is 9.36 Å². The van der Waals surface area contributed by atoms with Crippen molar-refractivity contribution in [2.24, 2.45) is 0 Å². The van der Waals surface area contributed by atoms with Crippen LogP contribution in [0.4, 0.5) is 0 Å². The SMILES string of the molecule is O=C1CCCCC1Sc1nncn1-c1cccc(Cl)c1. The Bertz CT molecular complexity index is 628. The molecule has 0 aliphatic heterocycles. The second-order valence-corrected chi connectivity index (χ2v) is 6.39. The molecular formula is C14H14ClN3OS. The highest BCUT2D eigenvalue weighted by atomic mass is 35.5. The largest absolute Gasteiger partial charge is 0.298 e. The Morgan fingerprint density at radius 3 is 3.05 bits per heavy atom. The summed E-state index contributed by atoms with van der Waals surface area (Å²) in [7, 11) is 0. The monoisotopic (exact) mass is 307 g/mol. The van der Waals surface area contributed by atoms with Crippen LogP contribution < -0.4 is 0 Å². The highest BCUT2D eigenvalue weighted by Crippen LogP contribution is 2.31. The first kappa shape index (κ1) is 13.6. The number of benzene rings is 1. The van der Waals surface area contributed by atoms with E-state index in [9.17, 15) is 4.79 Å². The molecule has 0 saturated heterocycles. The Balaban J connectivity index is 1.85. The van der Waals surface area contributed by atoms with Crippen LogP contribution in [0.3, 0.4) is 0 Å². The zero-order chi connectivity index (χ0) is 13.9. The number of carbonyl (C=O) groups excluding carboxylic acids is 1. The fourth-order valence-electron chi connectivity index (χ4n) is 2.31. The van der Waals surface area contributed by atoms with Gasteiger partial charge >= 0.3 is 0 Å². The molecule has 1 fully saturated rings. The molecular weight excluding hydrogens is 294 g/mol. The zero-order valence-electron chi connectivity index (χ0n) is 10.8. The zero-order valence-corrected chi connectivity index (χ0v) is 12.4. The molecule has 1 aliphatic rings. The minimum Gasteiger partial charge on any atom is -0.298 e. The Hall–Kier alpha value is -1.33. The lowest BCUT2D eigenvalue weighted by atomic mass is 9.99. The Kier molecular flexibility index (Phi) is 4.08. The third-order valence-corrected chi connectivity index (χ3v) is 4.86. The predicted molar refractivity (Wildman–Crippen MR) is 79.5 cm³/mol. The van der Waals surface area contributed by atoms with Gasteiger partial charge in [0.25, 0.3) is 0 Å².